The highest BCUT2D eigenvalue weighted by Crippen LogP contribution is 2.40. The molecule has 6 rings (SSSR count). The number of carbonyl (C=O) groups excluding carboxylic acids is 5. The van der Waals surface area contributed by atoms with Gasteiger partial charge in [-0.2, -0.15) is 0 Å². The molecule has 3 aliphatic rings. The highest BCUT2D eigenvalue weighted by atomic mass is 32.1. The monoisotopic (exact) mass is 968 g/mol. The number of aryl methyl sites for hydroxylation is 1. The van der Waals surface area contributed by atoms with E-state index in [-0.39, 0.29) is 43.4 Å². The van der Waals surface area contributed by atoms with Crippen molar-refractivity contribution < 1.29 is 33.4 Å². The molecular weight excluding hydrogens is 895 g/mol. The van der Waals surface area contributed by atoms with E-state index in [9.17, 15) is 24.0 Å². The number of likely N-dealkylation sites (tertiary alicyclic amines) is 1. The largest absolute Gasteiger partial charge is 0.464 e. The Bertz CT molecular complexity index is 2480. The zero-order valence-electron chi connectivity index (χ0n) is 42.5. The number of benzene rings is 1. The van der Waals surface area contributed by atoms with Gasteiger partial charge in [-0.25, -0.2) is 10.4 Å². The number of esters is 1. The maximum absolute atomic E-state index is 14.7. The maximum atomic E-state index is 14.7. The summed E-state index contributed by atoms with van der Waals surface area (Å²) in [4.78, 5) is 85.1. The molecule has 17 heteroatoms. The molecule has 2 N–H and O–H groups in total. The molecular formula is C52H73N9O7S. The lowest BCUT2D eigenvalue weighted by Gasteiger charge is -2.36. The molecule has 3 aromatic rings. The van der Waals surface area contributed by atoms with Crippen LogP contribution in [0.25, 0.3) is 27.7 Å². The number of nitrogens with zero attached hydrogens (tertiary/aromatic N) is 7. The molecule has 0 saturated carbocycles. The van der Waals surface area contributed by atoms with Gasteiger partial charge in [0.25, 0.3) is 5.91 Å². The molecule has 0 aliphatic carbocycles. The SMILES string of the molecule is C=C/C(=C(\N=CC)[C@H](C)OC)c1c2c3cc(ccc3n1CC)-c1csc(n1)C[C@H](NC(=O)[C@H](C(C)C)N(C)C(=O)[C@H]1CCN(C(=O)/C=C/CN(C)C)C1)C(=O)N1CCC[C@H](N1)C(=O)OCC(C)(C)C2. The molecule has 0 radical (unpaired) electrons. The van der Waals surface area contributed by atoms with Gasteiger partial charge in [-0.05, 0) is 84.2 Å². The number of fused-ring (bicyclic) bond motifs is 6. The topological polar surface area (TPSA) is 171 Å². The number of methoxy groups -OCH3 is 1. The zero-order valence-corrected chi connectivity index (χ0v) is 43.3. The fourth-order valence-electron chi connectivity index (χ4n) is 9.72. The van der Waals surface area contributed by atoms with Crippen molar-refractivity contribution in [2.45, 2.75) is 111 Å². The van der Waals surface area contributed by atoms with Crippen molar-refractivity contribution in [3.63, 3.8) is 0 Å². The van der Waals surface area contributed by atoms with E-state index in [4.69, 9.17) is 19.5 Å². The number of amides is 4. The van der Waals surface area contributed by atoms with Gasteiger partial charge in [0.1, 0.15) is 18.1 Å². The molecule has 0 spiro atoms. The van der Waals surface area contributed by atoms with Crippen molar-refractivity contribution >= 4 is 63.6 Å². The Labute approximate surface area is 411 Å². The molecule has 2 saturated heterocycles. The molecule has 69 heavy (non-hydrogen) atoms. The Morgan fingerprint density at radius 2 is 1.90 bits per heavy atom. The number of nitrogens with one attached hydrogen (secondary N) is 2. The van der Waals surface area contributed by atoms with Crippen LogP contribution in [0.1, 0.15) is 84.0 Å². The van der Waals surface area contributed by atoms with Crippen LogP contribution in [0.3, 0.4) is 0 Å². The minimum Gasteiger partial charge on any atom is -0.464 e. The predicted octanol–water partition coefficient (Wildman–Crippen LogP) is 5.91. The Hall–Kier alpha value is -5.49. The summed E-state index contributed by atoms with van der Waals surface area (Å²) >= 11 is 1.40. The molecule has 4 amide bonds. The number of thiazole rings is 1. The molecule has 2 fully saturated rings. The first-order valence-electron chi connectivity index (χ1n) is 24.2. The third-order valence-corrected chi connectivity index (χ3v) is 14.2. The molecule has 2 aromatic heterocycles. The second-order valence-electron chi connectivity index (χ2n) is 19.8. The molecule has 5 atom stereocenters. The molecule has 1 aromatic carbocycles. The normalized spacial score (nSPS) is 21.4. The first-order valence-corrected chi connectivity index (χ1v) is 25.1. The van der Waals surface area contributed by atoms with Gasteiger partial charge in [-0.1, -0.05) is 52.5 Å². The number of cyclic esters (lactones) is 1. The van der Waals surface area contributed by atoms with Crippen LogP contribution in [0.4, 0.5) is 0 Å². The first-order chi connectivity index (χ1) is 32.8. The minimum absolute atomic E-state index is 0.0655. The molecule has 16 nitrogen and oxygen atoms in total. The van der Waals surface area contributed by atoms with Crippen LogP contribution in [-0.2, 0) is 52.8 Å². The number of rotatable bonds is 14. The summed E-state index contributed by atoms with van der Waals surface area (Å²) in [7, 11) is 7.12. The molecule has 3 aliphatic heterocycles. The number of carbonyl (C=O) groups is 5. The van der Waals surface area contributed by atoms with Crippen LogP contribution in [0.5, 0.6) is 0 Å². The lowest BCUT2D eigenvalue weighted by molar-refractivity contribution is -0.155. The van der Waals surface area contributed by atoms with Crippen LogP contribution in [0.2, 0.25) is 0 Å². The van der Waals surface area contributed by atoms with Crippen molar-refractivity contribution in [3.8, 4) is 11.3 Å². The second-order valence-corrected chi connectivity index (χ2v) is 20.7. The lowest BCUT2D eigenvalue weighted by atomic mass is 9.84. The number of aliphatic imine (C=N–C) groups is 1. The summed E-state index contributed by atoms with van der Waals surface area (Å²) < 4.78 is 14.2. The number of likely N-dealkylation sites (N-methyl/N-ethyl adjacent to an activating group) is 2. The minimum atomic E-state index is -1.09. The smallest absolute Gasteiger partial charge is 0.324 e. The first kappa shape index (κ1) is 52.9. The van der Waals surface area contributed by atoms with Gasteiger partial charge in [0.05, 0.1) is 40.7 Å². The van der Waals surface area contributed by atoms with Crippen LogP contribution in [0.15, 0.2) is 59.1 Å². The number of ether oxygens (including phenoxy) is 2. The molecule has 5 heterocycles. The van der Waals surface area contributed by atoms with E-state index in [1.807, 2.05) is 58.1 Å². The standard InChI is InChI=1S/C52H73N9O7S/c1-13-36(45(53-14-2)33(6)67-12)47-38-28-52(7,8)31-68-51(66)39-18-16-24-61(56-39)50(65)40(27-43-54-41(30-69-43)34-20-21-42(37(38)26-34)60(47)15-3)55-48(63)46(32(4)5)58(11)49(64)35-22-25-59(29-35)44(62)19-17-23-57(9)10/h13-14,17,19-21,26,30,32-33,35,39-40,46,56H,1,15-16,18,22-25,27-29,31H2,2-12H3,(H,55,63)/b19-17+,45-36+,53-14?/t33-,35-,39-,40-,46-/m0/s1. The number of allylic oxidation sites excluding steroid dienone is 2. The van der Waals surface area contributed by atoms with E-state index >= 15 is 0 Å². The van der Waals surface area contributed by atoms with Gasteiger partial charge in [0, 0.05) is 98.4 Å². The highest BCUT2D eigenvalue weighted by molar-refractivity contribution is 7.10. The van der Waals surface area contributed by atoms with Crippen molar-refractivity contribution in [1.29, 1.82) is 0 Å². The second kappa shape index (κ2) is 23.0. The summed E-state index contributed by atoms with van der Waals surface area (Å²) in [6, 6.07) is 3.50. The Morgan fingerprint density at radius 3 is 2.57 bits per heavy atom. The number of aromatic nitrogens is 2. The highest BCUT2D eigenvalue weighted by Gasteiger charge is 2.40. The van der Waals surface area contributed by atoms with Crippen LogP contribution in [0, 0.1) is 17.3 Å². The van der Waals surface area contributed by atoms with E-state index in [1.165, 1.54) is 21.2 Å². The average molecular weight is 968 g/mol. The predicted molar refractivity (Wildman–Crippen MR) is 272 cm³/mol. The van der Waals surface area contributed by atoms with Gasteiger partial charge < -0.3 is 34.1 Å². The van der Waals surface area contributed by atoms with Crippen LogP contribution in [-0.4, -0.2) is 150 Å². The van der Waals surface area contributed by atoms with Gasteiger partial charge in [0.2, 0.25) is 17.7 Å². The van der Waals surface area contributed by atoms with Crippen LogP contribution < -0.4 is 10.7 Å². The summed E-state index contributed by atoms with van der Waals surface area (Å²) in [6.45, 7) is 20.5. The van der Waals surface area contributed by atoms with E-state index in [0.717, 1.165) is 44.7 Å². The average Bonchev–Trinajstić information content (AvgIpc) is 4.08. The lowest BCUT2D eigenvalue weighted by Crippen LogP contribution is -2.62. The van der Waals surface area contributed by atoms with Gasteiger partial charge >= 0.3 is 5.97 Å². The summed E-state index contributed by atoms with van der Waals surface area (Å²) in [6.07, 6.45) is 8.70. The van der Waals surface area contributed by atoms with E-state index < -0.39 is 47.2 Å². The summed E-state index contributed by atoms with van der Waals surface area (Å²) in [5.41, 5.74) is 8.84. The Kier molecular flexibility index (Phi) is 17.6. The van der Waals surface area contributed by atoms with Gasteiger partial charge in [-0.15, -0.1) is 11.3 Å². The molecule has 0 unspecified atom stereocenters. The fraction of sp³-hybridized carbons (Fsp3) is 0.558. The van der Waals surface area contributed by atoms with Crippen molar-refractivity contribution in [2.75, 3.05) is 61.0 Å². The third kappa shape index (κ3) is 12.1. The zero-order chi connectivity index (χ0) is 50.3. The number of hydrazine groups is 1. The third-order valence-electron chi connectivity index (χ3n) is 13.3. The van der Waals surface area contributed by atoms with E-state index in [1.54, 1.807) is 37.4 Å². The maximum Gasteiger partial charge on any atom is 0.324 e. The van der Waals surface area contributed by atoms with Crippen molar-refractivity contribution in [2.24, 2.45) is 22.2 Å². The van der Waals surface area contributed by atoms with Gasteiger partial charge in [0.15, 0.2) is 0 Å². The van der Waals surface area contributed by atoms with E-state index in [0.29, 0.717) is 56.9 Å². The summed E-state index contributed by atoms with van der Waals surface area (Å²) in [5, 5.41) is 8.06. The number of hydrogen-bond acceptors (Lipinski definition) is 12. The summed E-state index contributed by atoms with van der Waals surface area (Å²) in [5.74, 6) is -2.57. The molecule has 374 valence electrons. The van der Waals surface area contributed by atoms with Crippen LogP contribution >= 0.6 is 11.3 Å². The van der Waals surface area contributed by atoms with Crippen molar-refractivity contribution in [3.05, 3.63) is 70.3 Å². The Morgan fingerprint density at radius 1 is 1.14 bits per heavy atom. The molecule has 6 bridgehead atoms. The van der Waals surface area contributed by atoms with Crippen molar-refractivity contribution in [1.82, 2.24) is 40.0 Å². The van der Waals surface area contributed by atoms with Gasteiger partial charge in [-0.3, -0.25) is 34.0 Å². The fourth-order valence-corrected chi connectivity index (χ4v) is 10.6. The Balaban J connectivity index is 1.37. The number of hydrogen-bond donors (Lipinski definition) is 2. The quantitative estimate of drug-likeness (QED) is 0.0858. The van der Waals surface area contributed by atoms with E-state index in [2.05, 4.69) is 60.9 Å².